The lowest BCUT2D eigenvalue weighted by atomic mass is 9.52. The zero-order valence-corrected chi connectivity index (χ0v) is 19.6. The molecule has 0 amide bonds. The Bertz CT molecular complexity index is 570. The summed E-state index contributed by atoms with van der Waals surface area (Å²) < 4.78 is 11.7. The van der Waals surface area contributed by atoms with Gasteiger partial charge in [0, 0.05) is 0 Å². The van der Waals surface area contributed by atoms with Crippen molar-refractivity contribution in [3.05, 3.63) is 11.1 Å². The lowest BCUT2D eigenvalue weighted by Crippen LogP contribution is -2.57. The van der Waals surface area contributed by atoms with Gasteiger partial charge in [-0.15, -0.1) is 0 Å². The number of unbranched alkanes of at least 4 members (excludes halogenated alkanes) is 2. The first-order valence-corrected chi connectivity index (χ1v) is 12.0. The zero-order valence-electron chi connectivity index (χ0n) is 19.6. The van der Waals surface area contributed by atoms with Gasteiger partial charge in [0.2, 0.25) is 0 Å². The molecule has 2 rings (SSSR count). The van der Waals surface area contributed by atoms with Crippen molar-refractivity contribution < 1.29 is 19.1 Å². The Morgan fingerprint density at radius 3 is 1.41 bits per heavy atom. The third-order valence-electron chi connectivity index (χ3n) is 7.78. The fraction of sp³-hybridized carbons (Fsp3) is 0.840. The minimum absolute atomic E-state index is 0.102. The summed E-state index contributed by atoms with van der Waals surface area (Å²) in [6.07, 6.45) is 7.70. The molecule has 0 heterocycles. The molecule has 1 fully saturated rings. The lowest BCUT2D eigenvalue weighted by molar-refractivity contribution is -0.186. The van der Waals surface area contributed by atoms with Crippen molar-refractivity contribution >= 4 is 11.9 Å². The summed E-state index contributed by atoms with van der Waals surface area (Å²) in [5.74, 6) is -0.136. The standard InChI is InChI=1S/C25H42O4/c1-7-13-15-28-22(26)24(11-5)20-17-21(19(10-4)18(20)9-3)25(24,12-6)23(27)29-16-14-8-2/h20-21H,7-17H2,1-6H3. The molecule has 4 heteroatoms. The molecular formula is C25H42O4. The Morgan fingerprint density at radius 1 is 0.759 bits per heavy atom. The number of ether oxygens (including phenoxy) is 2. The van der Waals surface area contributed by atoms with E-state index < -0.39 is 10.8 Å². The van der Waals surface area contributed by atoms with Gasteiger partial charge >= 0.3 is 11.9 Å². The van der Waals surface area contributed by atoms with E-state index in [0.29, 0.717) is 26.1 Å². The Balaban J connectivity index is 2.57. The second-order valence-corrected chi connectivity index (χ2v) is 8.73. The third-order valence-corrected chi connectivity index (χ3v) is 7.78. The van der Waals surface area contributed by atoms with Crippen molar-refractivity contribution in [2.75, 3.05) is 13.2 Å². The molecule has 29 heavy (non-hydrogen) atoms. The Hall–Kier alpha value is -1.32. The highest BCUT2D eigenvalue weighted by atomic mass is 16.5. The molecule has 4 unspecified atom stereocenters. The topological polar surface area (TPSA) is 52.6 Å². The molecule has 4 nitrogen and oxygen atoms in total. The van der Waals surface area contributed by atoms with Gasteiger partial charge in [0.25, 0.3) is 0 Å². The van der Waals surface area contributed by atoms with Crippen molar-refractivity contribution in [1.82, 2.24) is 0 Å². The van der Waals surface area contributed by atoms with Crippen LogP contribution in [0.1, 0.15) is 99.3 Å². The van der Waals surface area contributed by atoms with Crippen LogP contribution in [-0.2, 0) is 19.1 Å². The first-order valence-electron chi connectivity index (χ1n) is 12.0. The van der Waals surface area contributed by atoms with E-state index in [4.69, 9.17) is 9.47 Å². The summed E-state index contributed by atoms with van der Waals surface area (Å²) in [5, 5.41) is 0. The number of carbonyl (C=O) groups excluding carboxylic acids is 2. The van der Waals surface area contributed by atoms with Crippen LogP contribution in [0.4, 0.5) is 0 Å². The number of esters is 2. The average Bonchev–Trinajstić information content (AvgIpc) is 3.25. The van der Waals surface area contributed by atoms with E-state index in [-0.39, 0.29) is 23.8 Å². The molecule has 1 saturated carbocycles. The SMILES string of the molecule is CCCCOC(=O)C1(CC)C2CC(C(CC)=C2CC)C1(CC)C(=O)OCCCC. The van der Waals surface area contributed by atoms with Gasteiger partial charge in [-0.05, 0) is 56.8 Å². The molecule has 2 aliphatic rings. The summed E-state index contributed by atoms with van der Waals surface area (Å²) in [7, 11) is 0. The quantitative estimate of drug-likeness (QED) is 0.219. The van der Waals surface area contributed by atoms with E-state index in [1.807, 2.05) is 0 Å². The minimum Gasteiger partial charge on any atom is -0.465 e. The van der Waals surface area contributed by atoms with Gasteiger partial charge in [-0.2, -0.15) is 0 Å². The van der Waals surface area contributed by atoms with Gasteiger partial charge in [0.1, 0.15) is 0 Å². The Kier molecular flexibility index (Phi) is 8.37. The molecule has 4 atom stereocenters. The highest BCUT2D eigenvalue weighted by molar-refractivity contribution is 5.92. The van der Waals surface area contributed by atoms with Crippen molar-refractivity contribution in [3.8, 4) is 0 Å². The van der Waals surface area contributed by atoms with Gasteiger partial charge in [-0.3, -0.25) is 9.59 Å². The smallest absolute Gasteiger partial charge is 0.313 e. The predicted octanol–water partition coefficient (Wildman–Crippen LogP) is 6.23. The van der Waals surface area contributed by atoms with Crippen LogP contribution < -0.4 is 0 Å². The number of hydrogen-bond acceptors (Lipinski definition) is 4. The van der Waals surface area contributed by atoms with Crippen LogP contribution in [0.15, 0.2) is 11.1 Å². The van der Waals surface area contributed by atoms with Crippen LogP contribution in [-0.4, -0.2) is 25.2 Å². The van der Waals surface area contributed by atoms with Crippen molar-refractivity contribution in [1.29, 1.82) is 0 Å². The van der Waals surface area contributed by atoms with Crippen molar-refractivity contribution in [2.24, 2.45) is 22.7 Å². The van der Waals surface area contributed by atoms with E-state index in [1.165, 1.54) is 11.1 Å². The van der Waals surface area contributed by atoms with E-state index in [9.17, 15) is 9.59 Å². The fourth-order valence-electron chi connectivity index (χ4n) is 6.47. The number of carbonyl (C=O) groups is 2. The molecule has 0 aromatic rings. The van der Waals surface area contributed by atoms with E-state index >= 15 is 0 Å². The monoisotopic (exact) mass is 406 g/mol. The molecule has 0 aromatic carbocycles. The van der Waals surface area contributed by atoms with Gasteiger partial charge in [-0.1, -0.05) is 65.5 Å². The Morgan fingerprint density at radius 2 is 1.14 bits per heavy atom. The summed E-state index contributed by atoms with van der Waals surface area (Å²) in [5.41, 5.74) is 1.20. The summed E-state index contributed by atoms with van der Waals surface area (Å²) in [4.78, 5) is 27.4. The van der Waals surface area contributed by atoms with Crippen LogP contribution in [0.3, 0.4) is 0 Å². The van der Waals surface area contributed by atoms with Crippen LogP contribution in [0.5, 0.6) is 0 Å². The maximum atomic E-state index is 13.7. The molecule has 0 spiro atoms. The molecule has 0 saturated heterocycles. The van der Waals surface area contributed by atoms with Crippen molar-refractivity contribution in [3.63, 3.8) is 0 Å². The zero-order chi connectivity index (χ0) is 21.7. The minimum atomic E-state index is -0.798. The second-order valence-electron chi connectivity index (χ2n) is 8.73. The van der Waals surface area contributed by atoms with E-state index in [0.717, 1.165) is 44.9 Å². The van der Waals surface area contributed by atoms with Gasteiger partial charge in [0.05, 0.1) is 24.0 Å². The highest BCUT2D eigenvalue weighted by Gasteiger charge is 2.75. The molecule has 0 radical (unpaired) electrons. The van der Waals surface area contributed by atoms with Gasteiger partial charge in [-0.25, -0.2) is 0 Å². The van der Waals surface area contributed by atoms with Crippen LogP contribution in [0.25, 0.3) is 0 Å². The predicted molar refractivity (Wildman–Crippen MR) is 116 cm³/mol. The maximum absolute atomic E-state index is 13.7. The van der Waals surface area contributed by atoms with Crippen molar-refractivity contribution in [2.45, 2.75) is 99.3 Å². The molecule has 0 aliphatic heterocycles. The van der Waals surface area contributed by atoms with Crippen LogP contribution in [0.2, 0.25) is 0 Å². The first-order chi connectivity index (χ1) is 14.0. The fourth-order valence-corrected chi connectivity index (χ4v) is 6.47. The number of fused-ring (bicyclic) bond motifs is 2. The van der Waals surface area contributed by atoms with Gasteiger partial charge in [0.15, 0.2) is 0 Å². The van der Waals surface area contributed by atoms with E-state index in [2.05, 4.69) is 41.5 Å². The second kappa shape index (κ2) is 10.1. The molecular weight excluding hydrogens is 364 g/mol. The molecule has 0 N–H and O–H groups in total. The summed E-state index contributed by atoms with van der Waals surface area (Å²) in [6, 6.07) is 0. The van der Waals surface area contributed by atoms with Crippen LogP contribution in [0, 0.1) is 22.7 Å². The van der Waals surface area contributed by atoms with E-state index in [1.54, 1.807) is 0 Å². The molecule has 2 bridgehead atoms. The highest BCUT2D eigenvalue weighted by Crippen LogP contribution is 2.72. The molecule has 2 aliphatic carbocycles. The summed E-state index contributed by atoms with van der Waals surface area (Å²) in [6.45, 7) is 13.5. The Labute approximate surface area is 177 Å². The molecule has 0 aromatic heterocycles. The number of allylic oxidation sites excluding steroid dienone is 2. The first kappa shape index (κ1) is 24.0. The summed E-state index contributed by atoms with van der Waals surface area (Å²) >= 11 is 0. The largest absolute Gasteiger partial charge is 0.465 e. The number of rotatable bonds is 12. The van der Waals surface area contributed by atoms with Gasteiger partial charge < -0.3 is 9.47 Å². The average molecular weight is 407 g/mol. The van der Waals surface area contributed by atoms with Crippen LogP contribution >= 0.6 is 0 Å². The normalized spacial score (nSPS) is 30.7. The third kappa shape index (κ3) is 3.55. The lowest BCUT2D eigenvalue weighted by Gasteiger charge is -2.50. The maximum Gasteiger partial charge on any atom is 0.313 e. The number of hydrogen-bond donors (Lipinski definition) is 0. The molecule has 166 valence electrons.